The topological polar surface area (TPSA) is 92.9 Å². The molecule has 26 heavy (non-hydrogen) atoms. The number of aliphatic hydroxyl groups excluding tert-OH is 1. The van der Waals surface area contributed by atoms with Gasteiger partial charge < -0.3 is 10.4 Å². The van der Waals surface area contributed by atoms with E-state index < -0.39 is 0 Å². The van der Waals surface area contributed by atoms with E-state index in [4.69, 9.17) is 0 Å². The first-order valence-corrected chi connectivity index (χ1v) is 8.82. The highest BCUT2D eigenvalue weighted by molar-refractivity contribution is 5.80. The van der Waals surface area contributed by atoms with Gasteiger partial charge in [-0.25, -0.2) is 14.6 Å². The van der Waals surface area contributed by atoms with Crippen molar-refractivity contribution in [3.05, 3.63) is 58.4 Å². The van der Waals surface area contributed by atoms with Gasteiger partial charge in [0.2, 0.25) is 0 Å². The van der Waals surface area contributed by atoms with Crippen LogP contribution in [0, 0.1) is 6.92 Å². The van der Waals surface area contributed by atoms with Gasteiger partial charge in [0, 0.05) is 29.6 Å². The second-order valence-electron chi connectivity index (χ2n) is 6.73. The van der Waals surface area contributed by atoms with Gasteiger partial charge in [0.25, 0.3) is 5.56 Å². The molecule has 0 radical (unpaired) electrons. The molecule has 7 heteroatoms. The van der Waals surface area contributed by atoms with Crippen LogP contribution in [-0.2, 0) is 6.54 Å². The molecule has 0 aliphatic heterocycles. The Morgan fingerprint density at radius 2 is 2.08 bits per heavy atom. The van der Waals surface area contributed by atoms with Gasteiger partial charge in [0.15, 0.2) is 0 Å². The molecule has 0 spiro atoms. The van der Waals surface area contributed by atoms with Crippen molar-refractivity contribution in [3.63, 3.8) is 0 Å². The van der Waals surface area contributed by atoms with Crippen molar-refractivity contribution in [2.24, 2.45) is 0 Å². The highest BCUT2D eigenvalue weighted by atomic mass is 16.3. The summed E-state index contributed by atoms with van der Waals surface area (Å²) in [5.41, 5.74) is 0.874. The minimum Gasteiger partial charge on any atom is -0.393 e. The quantitative estimate of drug-likeness (QED) is 0.729. The average molecular weight is 351 g/mol. The number of aromatic nitrogens is 4. The maximum atomic E-state index is 12.5. The number of rotatable bonds is 5. The lowest BCUT2D eigenvalue weighted by Gasteiger charge is -2.31. The van der Waals surface area contributed by atoms with E-state index in [0.717, 1.165) is 29.7 Å². The van der Waals surface area contributed by atoms with Crippen molar-refractivity contribution in [3.8, 4) is 0 Å². The zero-order valence-electron chi connectivity index (χ0n) is 14.6. The lowest BCUT2D eigenvalue weighted by molar-refractivity contribution is 0.0731. The van der Waals surface area contributed by atoms with Gasteiger partial charge in [0.1, 0.15) is 11.6 Å². The molecular weight excluding hydrogens is 330 g/mol. The first-order valence-electron chi connectivity index (χ1n) is 8.82. The van der Waals surface area contributed by atoms with Crippen molar-refractivity contribution >= 4 is 16.6 Å². The summed E-state index contributed by atoms with van der Waals surface area (Å²) in [7, 11) is 0. The molecule has 1 aliphatic carbocycles. The number of benzene rings is 1. The van der Waals surface area contributed by atoms with Gasteiger partial charge in [-0.15, -0.1) is 0 Å². The molecule has 1 aliphatic rings. The van der Waals surface area contributed by atoms with Crippen LogP contribution in [0.15, 0.2) is 41.3 Å². The Morgan fingerprint density at radius 3 is 2.88 bits per heavy atom. The van der Waals surface area contributed by atoms with E-state index in [0.29, 0.717) is 30.2 Å². The average Bonchev–Trinajstić information content (AvgIpc) is 2.61. The number of aryl methyl sites for hydroxylation is 1. The molecule has 0 saturated heterocycles. The number of hydrogen-bond donors (Lipinski definition) is 2. The molecule has 7 nitrogen and oxygen atoms in total. The minimum atomic E-state index is -0.211. The fourth-order valence-corrected chi connectivity index (χ4v) is 3.30. The van der Waals surface area contributed by atoms with Gasteiger partial charge in [-0.2, -0.15) is 5.10 Å². The van der Waals surface area contributed by atoms with Gasteiger partial charge in [-0.3, -0.25) is 4.79 Å². The predicted molar refractivity (Wildman–Crippen MR) is 99.2 cm³/mol. The van der Waals surface area contributed by atoms with Gasteiger partial charge in [0.05, 0.1) is 24.2 Å². The van der Waals surface area contributed by atoms with Crippen LogP contribution >= 0.6 is 0 Å². The zero-order chi connectivity index (χ0) is 18.1. The summed E-state index contributed by atoms with van der Waals surface area (Å²) in [6.45, 7) is 2.85. The Bertz CT molecular complexity index is 995. The summed E-state index contributed by atoms with van der Waals surface area (Å²) in [6, 6.07) is 9.38. The molecule has 1 saturated carbocycles. The second kappa shape index (κ2) is 6.84. The van der Waals surface area contributed by atoms with Gasteiger partial charge in [-0.1, -0.05) is 18.2 Å². The third-order valence-corrected chi connectivity index (χ3v) is 4.78. The lowest BCUT2D eigenvalue weighted by Crippen LogP contribution is -2.28. The van der Waals surface area contributed by atoms with Crippen LogP contribution in [0.4, 0.5) is 5.82 Å². The summed E-state index contributed by atoms with van der Waals surface area (Å²) < 4.78 is 1.46. The maximum Gasteiger partial charge on any atom is 0.274 e. The molecule has 3 aromatic rings. The molecule has 0 atom stereocenters. The molecule has 0 amide bonds. The van der Waals surface area contributed by atoms with Crippen molar-refractivity contribution in [1.82, 2.24) is 19.7 Å². The van der Waals surface area contributed by atoms with E-state index in [-0.39, 0.29) is 11.7 Å². The smallest absolute Gasteiger partial charge is 0.274 e. The van der Waals surface area contributed by atoms with Gasteiger partial charge >= 0.3 is 0 Å². The Balaban J connectivity index is 1.45. The number of hydrogen-bond acceptors (Lipinski definition) is 6. The molecule has 2 heterocycles. The monoisotopic (exact) mass is 351 g/mol. The molecule has 2 N–H and O–H groups in total. The molecule has 4 rings (SSSR count). The molecule has 1 aromatic carbocycles. The van der Waals surface area contributed by atoms with Crippen LogP contribution in [-0.4, -0.2) is 37.5 Å². The Kier molecular flexibility index (Phi) is 4.38. The van der Waals surface area contributed by atoms with Crippen molar-refractivity contribution in [1.29, 1.82) is 0 Å². The van der Waals surface area contributed by atoms with Crippen LogP contribution in [0.2, 0.25) is 0 Å². The van der Waals surface area contributed by atoms with E-state index in [1.165, 1.54) is 4.68 Å². The van der Waals surface area contributed by atoms with E-state index in [1.54, 1.807) is 6.20 Å². The largest absolute Gasteiger partial charge is 0.393 e. The summed E-state index contributed by atoms with van der Waals surface area (Å²) in [5.74, 6) is 1.74. The third kappa shape index (κ3) is 3.30. The van der Waals surface area contributed by atoms with Crippen LogP contribution in [0.3, 0.4) is 0 Å². The van der Waals surface area contributed by atoms with Crippen LogP contribution in [0.25, 0.3) is 10.8 Å². The first kappa shape index (κ1) is 16.7. The molecule has 0 bridgehead atoms. The van der Waals surface area contributed by atoms with Crippen molar-refractivity contribution < 1.29 is 5.11 Å². The van der Waals surface area contributed by atoms with E-state index >= 15 is 0 Å². The van der Waals surface area contributed by atoms with E-state index in [9.17, 15) is 9.90 Å². The van der Waals surface area contributed by atoms with Crippen molar-refractivity contribution in [2.75, 3.05) is 11.9 Å². The molecule has 2 aromatic heterocycles. The summed E-state index contributed by atoms with van der Waals surface area (Å²) >= 11 is 0. The molecule has 134 valence electrons. The summed E-state index contributed by atoms with van der Waals surface area (Å²) in [4.78, 5) is 21.3. The fourth-order valence-electron chi connectivity index (χ4n) is 3.30. The Hall–Kier alpha value is -2.80. The van der Waals surface area contributed by atoms with Crippen LogP contribution in [0.5, 0.6) is 0 Å². The molecular formula is C19H21N5O2. The van der Waals surface area contributed by atoms with Crippen LogP contribution in [0.1, 0.15) is 30.3 Å². The number of fused-ring (bicyclic) bond motifs is 1. The second-order valence-corrected chi connectivity index (χ2v) is 6.73. The Labute approximate surface area is 150 Å². The Morgan fingerprint density at radius 1 is 1.27 bits per heavy atom. The standard InChI is InChI=1S/C19H21N5O2/c1-12-22-17(14-8-15(25)9-14)10-18(23-12)20-6-7-24-19(26)16-5-3-2-4-13(16)11-21-24/h2-5,10-11,14-15,25H,6-9H2,1H3,(H,20,22,23). The fraction of sp³-hybridized carbons (Fsp3) is 0.368. The SMILES string of the molecule is Cc1nc(NCCn2ncc3ccccc3c2=O)cc(C2CC(O)C2)n1. The number of nitrogens with zero attached hydrogens (tertiary/aromatic N) is 4. The summed E-state index contributed by atoms with van der Waals surface area (Å²) in [5, 5.41) is 18.5. The third-order valence-electron chi connectivity index (χ3n) is 4.78. The van der Waals surface area contributed by atoms with E-state index in [1.807, 2.05) is 37.3 Å². The first-order chi connectivity index (χ1) is 12.6. The van der Waals surface area contributed by atoms with Crippen molar-refractivity contribution in [2.45, 2.75) is 38.3 Å². The van der Waals surface area contributed by atoms with Crippen LogP contribution < -0.4 is 10.9 Å². The zero-order valence-corrected chi connectivity index (χ0v) is 14.6. The lowest BCUT2D eigenvalue weighted by atomic mass is 9.80. The normalized spacial score (nSPS) is 19.3. The molecule has 1 fully saturated rings. The molecule has 0 unspecified atom stereocenters. The summed E-state index contributed by atoms with van der Waals surface area (Å²) in [6.07, 6.45) is 3.02. The van der Waals surface area contributed by atoms with Gasteiger partial charge in [-0.05, 0) is 25.8 Å². The van der Waals surface area contributed by atoms with E-state index in [2.05, 4.69) is 20.4 Å². The highest BCUT2D eigenvalue weighted by Crippen LogP contribution is 2.36. The maximum absolute atomic E-state index is 12.5. The number of aliphatic hydroxyl groups is 1. The predicted octanol–water partition coefficient (Wildman–Crippen LogP) is 1.85. The number of anilines is 1. The highest BCUT2D eigenvalue weighted by Gasteiger charge is 2.30. The number of nitrogens with one attached hydrogen (secondary N) is 1. The minimum absolute atomic E-state index is 0.0899.